The Balaban J connectivity index is 1.40. The van der Waals surface area contributed by atoms with Crippen LogP contribution in [0.3, 0.4) is 0 Å². The van der Waals surface area contributed by atoms with Gasteiger partial charge in [-0.3, -0.25) is 9.58 Å². The molecule has 0 amide bonds. The van der Waals surface area contributed by atoms with Gasteiger partial charge in [0.25, 0.3) is 0 Å². The molecule has 136 valence electrons. The Kier molecular flexibility index (Phi) is 5.43. The summed E-state index contributed by atoms with van der Waals surface area (Å²) in [4.78, 5) is 7.32. The number of benzene rings is 1. The van der Waals surface area contributed by atoms with Crippen molar-refractivity contribution in [3.05, 3.63) is 59.4 Å². The number of aliphatic hydroxyl groups is 1. The fourth-order valence-electron chi connectivity index (χ4n) is 3.58. The molecule has 4 rings (SSSR count). The number of aromatic nitrogens is 3. The van der Waals surface area contributed by atoms with E-state index < -0.39 is 0 Å². The van der Waals surface area contributed by atoms with Gasteiger partial charge >= 0.3 is 0 Å². The van der Waals surface area contributed by atoms with E-state index in [2.05, 4.69) is 45.7 Å². The third kappa shape index (κ3) is 4.03. The monoisotopic (exact) mass is 368 g/mol. The van der Waals surface area contributed by atoms with Crippen molar-refractivity contribution in [2.45, 2.75) is 31.8 Å². The highest BCUT2D eigenvalue weighted by Gasteiger charge is 2.23. The molecule has 6 heteroatoms. The van der Waals surface area contributed by atoms with E-state index in [0.29, 0.717) is 12.5 Å². The number of rotatable bonds is 6. The molecule has 0 unspecified atom stereocenters. The van der Waals surface area contributed by atoms with Crippen LogP contribution in [0.2, 0.25) is 0 Å². The van der Waals surface area contributed by atoms with E-state index in [-0.39, 0.29) is 6.61 Å². The molecule has 1 atom stereocenters. The SMILES string of the molecule is OCCn1ccc([C@@H]2CCCN(Cc3csc(-c4ccccc4)n3)C2)n1. The van der Waals surface area contributed by atoms with Gasteiger partial charge in [0.2, 0.25) is 0 Å². The Morgan fingerprint density at radius 1 is 1.19 bits per heavy atom. The van der Waals surface area contributed by atoms with Crippen molar-refractivity contribution in [2.24, 2.45) is 0 Å². The second-order valence-electron chi connectivity index (χ2n) is 6.81. The van der Waals surface area contributed by atoms with E-state index >= 15 is 0 Å². The van der Waals surface area contributed by atoms with Gasteiger partial charge in [-0.1, -0.05) is 30.3 Å². The Morgan fingerprint density at radius 2 is 2.08 bits per heavy atom. The average Bonchev–Trinajstić information content (AvgIpc) is 3.33. The van der Waals surface area contributed by atoms with Crippen LogP contribution in [0.25, 0.3) is 10.6 Å². The van der Waals surface area contributed by atoms with Crippen LogP contribution in [0.5, 0.6) is 0 Å². The lowest BCUT2D eigenvalue weighted by molar-refractivity contribution is 0.196. The average molecular weight is 369 g/mol. The van der Waals surface area contributed by atoms with Crippen LogP contribution in [0.1, 0.15) is 30.1 Å². The lowest BCUT2D eigenvalue weighted by atomic mass is 9.95. The summed E-state index contributed by atoms with van der Waals surface area (Å²) >= 11 is 1.72. The van der Waals surface area contributed by atoms with Crippen molar-refractivity contribution in [3.8, 4) is 10.6 Å². The van der Waals surface area contributed by atoms with Gasteiger partial charge in [-0.15, -0.1) is 11.3 Å². The third-order valence-electron chi connectivity index (χ3n) is 4.87. The van der Waals surface area contributed by atoms with Crippen molar-refractivity contribution < 1.29 is 5.11 Å². The van der Waals surface area contributed by atoms with Gasteiger partial charge in [0.1, 0.15) is 5.01 Å². The first-order valence-electron chi connectivity index (χ1n) is 9.18. The zero-order valence-electron chi connectivity index (χ0n) is 14.8. The first-order valence-corrected chi connectivity index (χ1v) is 10.1. The zero-order valence-corrected chi connectivity index (χ0v) is 15.6. The lowest BCUT2D eigenvalue weighted by Gasteiger charge is -2.31. The first-order chi connectivity index (χ1) is 12.8. The molecule has 1 aliphatic heterocycles. The third-order valence-corrected chi connectivity index (χ3v) is 5.81. The second-order valence-corrected chi connectivity index (χ2v) is 7.67. The smallest absolute Gasteiger partial charge is 0.123 e. The number of aliphatic hydroxyl groups excluding tert-OH is 1. The van der Waals surface area contributed by atoms with E-state index in [1.165, 1.54) is 18.4 Å². The van der Waals surface area contributed by atoms with Gasteiger partial charge in [-0.2, -0.15) is 5.10 Å². The van der Waals surface area contributed by atoms with E-state index in [9.17, 15) is 0 Å². The molecule has 0 radical (unpaired) electrons. The van der Waals surface area contributed by atoms with E-state index in [1.54, 1.807) is 11.3 Å². The number of nitrogens with zero attached hydrogens (tertiary/aromatic N) is 4. The van der Waals surface area contributed by atoms with Crippen molar-refractivity contribution in [2.75, 3.05) is 19.7 Å². The second kappa shape index (κ2) is 8.12. The Morgan fingerprint density at radius 3 is 2.92 bits per heavy atom. The summed E-state index contributed by atoms with van der Waals surface area (Å²) in [6, 6.07) is 12.5. The fraction of sp³-hybridized carbons (Fsp3) is 0.400. The highest BCUT2D eigenvalue weighted by molar-refractivity contribution is 7.13. The molecule has 1 aromatic carbocycles. The topological polar surface area (TPSA) is 54.2 Å². The van der Waals surface area contributed by atoms with Gasteiger partial charge in [-0.25, -0.2) is 4.98 Å². The molecule has 0 spiro atoms. The standard InChI is InChI=1S/C20H24N4OS/c25-12-11-24-10-8-19(22-24)17-7-4-9-23(13-17)14-18-15-26-20(21-18)16-5-2-1-3-6-16/h1-3,5-6,8,10,15,17,25H,4,7,9,11-14H2/t17-/m1/s1. The Hall–Kier alpha value is -2.02. The molecule has 0 aliphatic carbocycles. The molecule has 2 aromatic heterocycles. The predicted molar refractivity (Wildman–Crippen MR) is 104 cm³/mol. The zero-order chi connectivity index (χ0) is 17.8. The molecule has 1 saturated heterocycles. The van der Waals surface area contributed by atoms with Gasteiger partial charge in [0, 0.05) is 36.1 Å². The van der Waals surface area contributed by atoms with Crippen LogP contribution in [0.4, 0.5) is 0 Å². The molecule has 26 heavy (non-hydrogen) atoms. The summed E-state index contributed by atoms with van der Waals surface area (Å²) in [6.45, 7) is 3.74. The molecule has 1 aliphatic rings. The summed E-state index contributed by atoms with van der Waals surface area (Å²) < 4.78 is 1.83. The van der Waals surface area contributed by atoms with Gasteiger partial charge < -0.3 is 5.11 Å². The molecular formula is C20H24N4OS. The molecule has 3 aromatic rings. The van der Waals surface area contributed by atoms with E-state index in [1.807, 2.05) is 16.9 Å². The molecule has 1 fully saturated rings. The van der Waals surface area contributed by atoms with Crippen molar-refractivity contribution >= 4 is 11.3 Å². The van der Waals surface area contributed by atoms with Crippen LogP contribution in [0.15, 0.2) is 48.0 Å². The van der Waals surface area contributed by atoms with Crippen LogP contribution in [-0.4, -0.2) is 44.5 Å². The number of hydrogen-bond donors (Lipinski definition) is 1. The molecule has 0 bridgehead atoms. The maximum absolute atomic E-state index is 9.05. The van der Waals surface area contributed by atoms with Crippen LogP contribution < -0.4 is 0 Å². The summed E-state index contributed by atoms with van der Waals surface area (Å²) in [5.74, 6) is 0.468. The number of thiazole rings is 1. The molecule has 5 nitrogen and oxygen atoms in total. The number of piperidine rings is 1. The normalized spacial score (nSPS) is 18.3. The summed E-state index contributed by atoms with van der Waals surface area (Å²) in [5, 5.41) is 17.0. The number of likely N-dealkylation sites (tertiary alicyclic amines) is 1. The minimum absolute atomic E-state index is 0.130. The van der Waals surface area contributed by atoms with Crippen molar-refractivity contribution in [1.82, 2.24) is 19.7 Å². The van der Waals surface area contributed by atoms with E-state index in [4.69, 9.17) is 10.1 Å². The highest BCUT2D eigenvalue weighted by Crippen LogP contribution is 2.28. The van der Waals surface area contributed by atoms with Gasteiger partial charge in [0.15, 0.2) is 0 Å². The quantitative estimate of drug-likeness (QED) is 0.725. The Labute approximate surface area is 157 Å². The van der Waals surface area contributed by atoms with Crippen LogP contribution >= 0.6 is 11.3 Å². The lowest BCUT2D eigenvalue weighted by Crippen LogP contribution is -2.34. The largest absolute Gasteiger partial charge is 0.394 e. The summed E-state index contributed by atoms with van der Waals surface area (Å²) in [5.41, 5.74) is 3.49. The van der Waals surface area contributed by atoms with E-state index in [0.717, 1.165) is 36.0 Å². The molecule has 1 N–H and O–H groups in total. The first kappa shape index (κ1) is 17.4. The number of hydrogen-bond acceptors (Lipinski definition) is 5. The minimum Gasteiger partial charge on any atom is -0.394 e. The molecule has 3 heterocycles. The van der Waals surface area contributed by atoms with Crippen LogP contribution in [0, 0.1) is 0 Å². The van der Waals surface area contributed by atoms with Crippen LogP contribution in [-0.2, 0) is 13.1 Å². The summed E-state index contributed by atoms with van der Waals surface area (Å²) in [6.07, 6.45) is 4.34. The van der Waals surface area contributed by atoms with Crippen molar-refractivity contribution in [3.63, 3.8) is 0 Å². The Bertz CT molecular complexity index is 829. The van der Waals surface area contributed by atoms with Crippen molar-refractivity contribution in [1.29, 1.82) is 0 Å². The van der Waals surface area contributed by atoms with Gasteiger partial charge in [0.05, 0.1) is 24.5 Å². The van der Waals surface area contributed by atoms with Gasteiger partial charge in [-0.05, 0) is 25.5 Å². The molecular weight excluding hydrogens is 344 g/mol. The molecule has 0 saturated carbocycles. The summed E-state index contributed by atoms with van der Waals surface area (Å²) in [7, 11) is 0. The predicted octanol–water partition coefficient (Wildman–Crippen LogP) is 3.38. The minimum atomic E-state index is 0.130. The fourth-order valence-corrected chi connectivity index (χ4v) is 4.40. The maximum Gasteiger partial charge on any atom is 0.123 e. The maximum atomic E-state index is 9.05. The highest BCUT2D eigenvalue weighted by atomic mass is 32.1.